The first-order chi connectivity index (χ1) is 11.6. The summed E-state index contributed by atoms with van der Waals surface area (Å²) in [5.74, 6) is 0.731. The number of amides is 1. The number of carbonyl (C=O) groups is 1. The number of fused-ring (bicyclic) bond motifs is 1. The monoisotopic (exact) mass is 323 g/mol. The van der Waals surface area contributed by atoms with E-state index < -0.39 is 0 Å². The lowest BCUT2D eigenvalue weighted by atomic mass is 10.2. The summed E-state index contributed by atoms with van der Waals surface area (Å²) in [5.41, 5.74) is 4.55. The van der Waals surface area contributed by atoms with Crippen molar-refractivity contribution in [1.29, 1.82) is 0 Å². The Bertz CT molecular complexity index is 866. The Hall–Kier alpha value is -2.82. The average Bonchev–Trinajstić information content (AvgIpc) is 2.87. The van der Waals surface area contributed by atoms with E-state index in [1.165, 1.54) is 0 Å². The summed E-state index contributed by atoms with van der Waals surface area (Å²) in [7, 11) is 0. The van der Waals surface area contributed by atoms with Crippen molar-refractivity contribution in [2.24, 2.45) is 0 Å². The second-order valence-electron chi connectivity index (χ2n) is 5.71. The fourth-order valence-electron chi connectivity index (χ4n) is 2.74. The van der Waals surface area contributed by atoms with Crippen LogP contribution in [0.2, 0.25) is 0 Å². The highest BCUT2D eigenvalue weighted by molar-refractivity contribution is 5.92. The Kier molecular flexibility index (Phi) is 4.51. The second kappa shape index (κ2) is 6.74. The molecule has 0 fully saturated rings. The van der Waals surface area contributed by atoms with Crippen LogP contribution in [-0.4, -0.2) is 21.9 Å². The van der Waals surface area contributed by atoms with E-state index in [1.807, 2.05) is 67.8 Å². The van der Waals surface area contributed by atoms with Crippen molar-refractivity contribution in [2.45, 2.75) is 27.2 Å². The standard InChI is InChI=1S/C19H21N3O2/c1-4-24-16-9-7-15(8-10-16)21-18(23)12-17-14(3)20-19-13(2)6-5-11-22(17)19/h5-11H,4,12H2,1-3H3,(H,21,23). The van der Waals surface area contributed by atoms with E-state index in [0.29, 0.717) is 6.61 Å². The van der Waals surface area contributed by atoms with Crippen LogP contribution < -0.4 is 10.1 Å². The van der Waals surface area contributed by atoms with Crippen LogP contribution in [0.4, 0.5) is 5.69 Å². The molecule has 0 saturated heterocycles. The third kappa shape index (κ3) is 3.25. The maximum absolute atomic E-state index is 12.4. The van der Waals surface area contributed by atoms with Crippen LogP contribution in [0.3, 0.4) is 0 Å². The summed E-state index contributed by atoms with van der Waals surface area (Å²) in [4.78, 5) is 17.0. The first-order valence-corrected chi connectivity index (χ1v) is 8.04. The minimum atomic E-state index is -0.0643. The number of nitrogens with one attached hydrogen (secondary N) is 1. The van der Waals surface area contributed by atoms with Crippen molar-refractivity contribution in [3.05, 3.63) is 59.5 Å². The van der Waals surface area contributed by atoms with Gasteiger partial charge in [-0.05, 0) is 56.7 Å². The van der Waals surface area contributed by atoms with E-state index in [1.54, 1.807) is 0 Å². The molecule has 0 atom stereocenters. The van der Waals surface area contributed by atoms with Crippen molar-refractivity contribution in [3.63, 3.8) is 0 Å². The molecule has 5 nitrogen and oxygen atoms in total. The molecule has 124 valence electrons. The van der Waals surface area contributed by atoms with Gasteiger partial charge in [0, 0.05) is 11.9 Å². The van der Waals surface area contributed by atoms with Gasteiger partial charge in [0.2, 0.25) is 5.91 Å². The highest BCUT2D eigenvalue weighted by Gasteiger charge is 2.14. The quantitative estimate of drug-likeness (QED) is 0.781. The zero-order chi connectivity index (χ0) is 17.1. The Balaban J connectivity index is 1.75. The molecule has 24 heavy (non-hydrogen) atoms. The number of benzene rings is 1. The lowest BCUT2D eigenvalue weighted by molar-refractivity contribution is -0.115. The van der Waals surface area contributed by atoms with Crippen molar-refractivity contribution in [2.75, 3.05) is 11.9 Å². The van der Waals surface area contributed by atoms with Crippen LogP contribution in [0, 0.1) is 13.8 Å². The van der Waals surface area contributed by atoms with E-state index in [2.05, 4.69) is 10.3 Å². The van der Waals surface area contributed by atoms with Crippen LogP contribution in [0.1, 0.15) is 23.9 Å². The molecule has 0 aliphatic carbocycles. The number of pyridine rings is 1. The number of hydrogen-bond acceptors (Lipinski definition) is 3. The Labute approximate surface area is 141 Å². The summed E-state index contributed by atoms with van der Waals surface area (Å²) >= 11 is 0. The third-order valence-corrected chi connectivity index (χ3v) is 3.92. The number of anilines is 1. The topological polar surface area (TPSA) is 55.6 Å². The number of rotatable bonds is 5. The van der Waals surface area contributed by atoms with Crippen molar-refractivity contribution >= 4 is 17.2 Å². The molecule has 0 bridgehead atoms. The summed E-state index contributed by atoms with van der Waals surface area (Å²) in [6.07, 6.45) is 2.23. The zero-order valence-corrected chi connectivity index (χ0v) is 14.2. The molecule has 1 N–H and O–H groups in total. The number of hydrogen-bond donors (Lipinski definition) is 1. The predicted molar refractivity (Wildman–Crippen MR) is 94.6 cm³/mol. The first-order valence-electron chi connectivity index (χ1n) is 8.04. The van der Waals surface area contributed by atoms with E-state index in [0.717, 1.165) is 34.0 Å². The molecule has 1 aromatic carbocycles. The Morgan fingerprint density at radius 2 is 1.96 bits per heavy atom. The summed E-state index contributed by atoms with van der Waals surface area (Å²) < 4.78 is 7.39. The largest absolute Gasteiger partial charge is 0.494 e. The average molecular weight is 323 g/mol. The van der Waals surface area contributed by atoms with Gasteiger partial charge in [-0.1, -0.05) is 6.07 Å². The predicted octanol–water partition coefficient (Wildman–Crippen LogP) is 3.53. The highest BCUT2D eigenvalue weighted by atomic mass is 16.5. The molecule has 3 aromatic rings. The summed E-state index contributed by atoms with van der Waals surface area (Å²) in [6.45, 7) is 6.52. The maximum Gasteiger partial charge on any atom is 0.230 e. The molecule has 1 amide bonds. The van der Waals surface area contributed by atoms with E-state index in [4.69, 9.17) is 4.74 Å². The maximum atomic E-state index is 12.4. The molecular formula is C19H21N3O2. The van der Waals surface area contributed by atoms with Crippen molar-refractivity contribution < 1.29 is 9.53 Å². The third-order valence-electron chi connectivity index (χ3n) is 3.92. The Morgan fingerprint density at radius 3 is 2.67 bits per heavy atom. The van der Waals surface area contributed by atoms with E-state index in [-0.39, 0.29) is 12.3 Å². The van der Waals surface area contributed by atoms with E-state index >= 15 is 0 Å². The van der Waals surface area contributed by atoms with Crippen LogP contribution in [0.15, 0.2) is 42.6 Å². The van der Waals surface area contributed by atoms with E-state index in [9.17, 15) is 4.79 Å². The molecule has 5 heteroatoms. The fraction of sp³-hybridized carbons (Fsp3) is 0.263. The van der Waals surface area contributed by atoms with Gasteiger partial charge in [0.25, 0.3) is 0 Å². The van der Waals surface area contributed by atoms with Crippen LogP contribution in [0.25, 0.3) is 5.65 Å². The fourth-order valence-corrected chi connectivity index (χ4v) is 2.74. The zero-order valence-electron chi connectivity index (χ0n) is 14.2. The molecule has 2 aromatic heterocycles. The normalized spacial score (nSPS) is 10.8. The van der Waals surface area contributed by atoms with Crippen LogP contribution in [-0.2, 0) is 11.2 Å². The van der Waals surface area contributed by atoms with Gasteiger partial charge in [0.05, 0.1) is 24.4 Å². The van der Waals surface area contributed by atoms with Gasteiger partial charge in [0.1, 0.15) is 11.4 Å². The molecule has 0 saturated carbocycles. The van der Waals surface area contributed by atoms with Crippen molar-refractivity contribution in [1.82, 2.24) is 9.38 Å². The van der Waals surface area contributed by atoms with Gasteiger partial charge in [-0.25, -0.2) is 4.98 Å². The SMILES string of the molecule is CCOc1ccc(NC(=O)Cc2c(C)nc3c(C)cccn23)cc1. The number of ether oxygens (including phenoxy) is 1. The highest BCUT2D eigenvalue weighted by Crippen LogP contribution is 2.18. The molecule has 0 radical (unpaired) electrons. The summed E-state index contributed by atoms with van der Waals surface area (Å²) in [6, 6.07) is 11.4. The number of imidazole rings is 1. The molecule has 2 heterocycles. The minimum Gasteiger partial charge on any atom is -0.494 e. The Morgan fingerprint density at radius 1 is 1.21 bits per heavy atom. The molecular weight excluding hydrogens is 302 g/mol. The van der Waals surface area contributed by atoms with Crippen LogP contribution in [0.5, 0.6) is 5.75 Å². The van der Waals surface area contributed by atoms with Crippen LogP contribution >= 0.6 is 0 Å². The molecule has 0 unspecified atom stereocenters. The van der Waals surface area contributed by atoms with Gasteiger partial charge < -0.3 is 14.5 Å². The summed E-state index contributed by atoms with van der Waals surface area (Å²) in [5, 5.41) is 2.92. The van der Waals surface area contributed by atoms with Gasteiger partial charge in [-0.15, -0.1) is 0 Å². The molecule has 3 rings (SSSR count). The van der Waals surface area contributed by atoms with Gasteiger partial charge in [-0.3, -0.25) is 4.79 Å². The van der Waals surface area contributed by atoms with Gasteiger partial charge in [-0.2, -0.15) is 0 Å². The second-order valence-corrected chi connectivity index (χ2v) is 5.71. The minimum absolute atomic E-state index is 0.0643. The molecule has 0 spiro atoms. The number of aryl methyl sites for hydroxylation is 2. The first kappa shape index (κ1) is 16.1. The number of carbonyl (C=O) groups excluding carboxylic acids is 1. The van der Waals surface area contributed by atoms with Gasteiger partial charge >= 0.3 is 0 Å². The lowest BCUT2D eigenvalue weighted by Gasteiger charge is -2.08. The number of aromatic nitrogens is 2. The smallest absolute Gasteiger partial charge is 0.230 e. The molecule has 0 aliphatic heterocycles. The van der Waals surface area contributed by atoms with Crippen molar-refractivity contribution in [3.8, 4) is 5.75 Å². The molecule has 0 aliphatic rings. The lowest BCUT2D eigenvalue weighted by Crippen LogP contribution is -2.16. The van der Waals surface area contributed by atoms with Gasteiger partial charge in [0.15, 0.2) is 0 Å². The number of nitrogens with zero attached hydrogens (tertiary/aromatic N) is 2.